The van der Waals surface area contributed by atoms with E-state index in [0.717, 1.165) is 24.5 Å². The van der Waals surface area contributed by atoms with Crippen LogP contribution >= 0.6 is 0 Å². The zero-order chi connectivity index (χ0) is 16.8. The van der Waals surface area contributed by atoms with Crippen LogP contribution < -0.4 is 10.6 Å². The molecule has 2 heterocycles. The van der Waals surface area contributed by atoms with Gasteiger partial charge in [-0.05, 0) is 18.9 Å². The summed E-state index contributed by atoms with van der Waals surface area (Å²) in [4.78, 5) is 9.06. The molecular formula is C18H24N4O2. The van der Waals surface area contributed by atoms with Crippen molar-refractivity contribution >= 4 is 11.8 Å². The summed E-state index contributed by atoms with van der Waals surface area (Å²) in [6, 6.07) is 10.4. The molecular weight excluding hydrogens is 304 g/mol. The predicted molar refractivity (Wildman–Crippen MR) is 94.3 cm³/mol. The van der Waals surface area contributed by atoms with Gasteiger partial charge in [-0.2, -0.15) is 4.98 Å². The minimum Gasteiger partial charge on any atom is -0.395 e. The minimum atomic E-state index is 0.0478. The van der Waals surface area contributed by atoms with Crippen LogP contribution in [0.3, 0.4) is 0 Å². The van der Waals surface area contributed by atoms with Gasteiger partial charge in [0.25, 0.3) is 0 Å². The minimum absolute atomic E-state index is 0.0478. The quantitative estimate of drug-likeness (QED) is 0.724. The van der Waals surface area contributed by atoms with Gasteiger partial charge in [-0.25, -0.2) is 4.98 Å². The molecule has 1 aliphatic heterocycles. The van der Waals surface area contributed by atoms with E-state index < -0.39 is 0 Å². The van der Waals surface area contributed by atoms with Gasteiger partial charge in [0.05, 0.1) is 18.9 Å². The maximum atomic E-state index is 9.00. The van der Waals surface area contributed by atoms with E-state index in [-0.39, 0.29) is 6.61 Å². The van der Waals surface area contributed by atoms with Crippen LogP contribution in [0.15, 0.2) is 30.3 Å². The fourth-order valence-corrected chi connectivity index (χ4v) is 2.79. The zero-order valence-corrected chi connectivity index (χ0v) is 14.0. The number of aliphatic hydroxyl groups is 1. The molecule has 6 heteroatoms. The number of aryl methyl sites for hydroxylation is 1. The summed E-state index contributed by atoms with van der Waals surface area (Å²) < 4.78 is 5.47. The number of hydrogen-bond donors (Lipinski definition) is 3. The van der Waals surface area contributed by atoms with Gasteiger partial charge in [0.2, 0.25) is 5.95 Å². The molecule has 1 atom stereocenters. The van der Waals surface area contributed by atoms with Crippen LogP contribution in [0.5, 0.6) is 0 Å². The summed E-state index contributed by atoms with van der Waals surface area (Å²) in [5.74, 6) is 1.64. The number of nitrogens with zero attached hydrogens (tertiary/aromatic N) is 2. The molecule has 1 aromatic carbocycles. The summed E-state index contributed by atoms with van der Waals surface area (Å²) in [5, 5.41) is 15.4. The van der Waals surface area contributed by atoms with Crippen LogP contribution in [-0.4, -0.2) is 41.4 Å². The van der Waals surface area contributed by atoms with E-state index in [1.807, 2.05) is 6.07 Å². The molecule has 0 radical (unpaired) electrons. The fourth-order valence-electron chi connectivity index (χ4n) is 2.79. The largest absolute Gasteiger partial charge is 0.395 e. The molecule has 1 saturated heterocycles. The average Bonchev–Trinajstić information content (AvgIpc) is 3.13. The first kappa shape index (κ1) is 16.7. The highest BCUT2D eigenvalue weighted by atomic mass is 16.5. The smallest absolute Gasteiger partial charge is 0.224 e. The van der Waals surface area contributed by atoms with Gasteiger partial charge in [-0.15, -0.1) is 0 Å². The van der Waals surface area contributed by atoms with E-state index in [2.05, 4.69) is 51.8 Å². The first-order valence-electron chi connectivity index (χ1n) is 8.35. The van der Waals surface area contributed by atoms with Gasteiger partial charge in [-0.3, -0.25) is 0 Å². The number of aliphatic hydroxyl groups excluding tert-OH is 1. The van der Waals surface area contributed by atoms with Gasteiger partial charge < -0.3 is 20.5 Å². The fraction of sp³-hybridized carbons (Fsp3) is 0.444. The Hall–Kier alpha value is -2.18. The first-order chi connectivity index (χ1) is 11.7. The van der Waals surface area contributed by atoms with Crippen molar-refractivity contribution in [1.82, 2.24) is 9.97 Å². The number of nitrogens with one attached hydrogen (secondary N) is 2. The van der Waals surface area contributed by atoms with E-state index >= 15 is 0 Å². The van der Waals surface area contributed by atoms with E-state index in [1.165, 1.54) is 11.1 Å². The highest BCUT2D eigenvalue weighted by Crippen LogP contribution is 2.26. The van der Waals surface area contributed by atoms with Gasteiger partial charge in [0.15, 0.2) is 0 Å². The normalized spacial score (nSPS) is 17.0. The molecule has 0 unspecified atom stereocenters. The molecule has 1 aliphatic rings. The van der Waals surface area contributed by atoms with Gasteiger partial charge >= 0.3 is 0 Å². The van der Waals surface area contributed by atoms with Crippen LogP contribution in [0.25, 0.3) is 0 Å². The predicted octanol–water partition coefficient (Wildman–Crippen LogP) is 2.31. The van der Waals surface area contributed by atoms with Crippen molar-refractivity contribution in [2.75, 3.05) is 37.0 Å². The second kappa shape index (κ2) is 8.08. The van der Waals surface area contributed by atoms with E-state index in [9.17, 15) is 0 Å². The number of anilines is 2. The standard InChI is InChI=1S/C18H24N4O2/c1-13-3-2-4-14(9-13)11-20-17-10-16(15-5-8-24-12-15)21-18(22-17)19-6-7-23/h2-4,9-10,15,23H,5-8,11-12H2,1H3,(H2,19,20,21,22)/t15-/m0/s1. The molecule has 6 nitrogen and oxygen atoms in total. The summed E-state index contributed by atoms with van der Waals surface area (Å²) in [5.41, 5.74) is 3.44. The molecule has 3 N–H and O–H groups in total. The van der Waals surface area contributed by atoms with E-state index in [1.54, 1.807) is 0 Å². The van der Waals surface area contributed by atoms with Crippen molar-refractivity contribution in [2.24, 2.45) is 0 Å². The molecule has 2 aromatic rings. The molecule has 0 amide bonds. The second-order valence-electron chi connectivity index (χ2n) is 6.06. The van der Waals surface area contributed by atoms with Crippen LogP contribution in [0.1, 0.15) is 29.2 Å². The van der Waals surface area contributed by atoms with Crippen molar-refractivity contribution in [3.8, 4) is 0 Å². The summed E-state index contributed by atoms with van der Waals surface area (Å²) in [7, 11) is 0. The zero-order valence-electron chi connectivity index (χ0n) is 14.0. The third-order valence-corrected chi connectivity index (χ3v) is 4.04. The lowest BCUT2D eigenvalue weighted by Gasteiger charge is -2.13. The number of aromatic nitrogens is 2. The second-order valence-corrected chi connectivity index (χ2v) is 6.06. The van der Waals surface area contributed by atoms with Crippen molar-refractivity contribution in [3.63, 3.8) is 0 Å². The molecule has 1 fully saturated rings. The number of benzene rings is 1. The Morgan fingerprint density at radius 2 is 2.17 bits per heavy atom. The summed E-state index contributed by atoms with van der Waals surface area (Å²) in [6.07, 6.45) is 0.980. The Balaban J connectivity index is 1.75. The van der Waals surface area contributed by atoms with Crippen LogP contribution in [0.2, 0.25) is 0 Å². The number of ether oxygens (including phenoxy) is 1. The lowest BCUT2D eigenvalue weighted by Crippen LogP contribution is -2.13. The maximum Gasteiger partial charge on any atom is 0.224 e. The van der Waals surface area contributed by atoms with Crippen LogP contribution in [-0.2, 0) is 11.3 Å². The van der Waals surface area contributed by atoms with E-state index in [4.69, 9.17) is 9.84 Å². The lowest BCUT2D eigenvalue weighted by molar-refractivity contribution is 0.193. The molecule has 128 valence electrons. The summed E-state index contributed by atoms with van der Waals surface area (Å²) in [6.45, 7) is 4.75. The molecule has 0 spiro atoms. The van der Waals surface area contributed by atoms with Crippen LogP contribution in [0, 0.1) is 6.92 Å². The molecule has 0 bridgehead atoms. The lowest BCUT2D eigenvalue weighted by atomic mass is 10.0. The van der Waals surface area contributed by atoms with Crippen molar-refractivity contribution in [3.05, 3.63) is 47.2 Å². The third-order valence-electron chi connectivity index (χ3n) is 4.04. The molecule has 3 rings (SSSR count). The SMILES string of the molecule is Cc1cccc(CNc2cc([C@H]3CCOC3)nc(NCCO)n2)c1. The maximum absolute atomic E-state index is 9.00. The molecule has 24 heavy (non-hydrogen) atoms. The Morgan fingerprint density at radius 1 is 1.25 bits per heavy atom. The van der Waals surface area contributed by atoms with Crippen LogP contribution in [0.4, 0.5) is 11.8 Å². The van der Waals surface area contributed by atoms with Crippen molar-refractivity contribution in [2.45, 2.75) is 25.8 Å². The monoisotopic (exact) mass is 328 g/mol. The number of hydrogen-bond acceptors (Lipinski definition) is 6. The van der Waals surface area contributed by atoms with Gasteiger partial charge in [-0.1, -0.05) is 29.8 Å². The van der Waals surface area contributed by atoms with Gasteiger partial charge in [0, 0.05) is 31.7 Å². The molecule has 0 saturated carbocycles. The van der Waals surface area contributed by atoms with Crippen molar-refractivity contribution < 1.29 is 9.84 Å². The van der Waals surface area contributed by atoms with Gasteiger partial charge in [0.1, 0.15) is 5.82 Å². The highest BCUT2D eigenvalue weighted by Gasteiger charge is 2.20. The molecule has 1 aromatic heterocycles. The number of rotatable bonds is 7. The first-order valence-corrected chi connectivity index (χ1v) is 8.35. The third kappa shape index (κ3) is 4.43. The Morgan fingerprint density at radius 3 is 2.92 bits per heavy atom. The Labute approximate surface area is 142 Å². The highest BCUT2D eigenvalue weighted by molar-refractivity contribution is 5.44. The molecule has 0 aliphatic carbocycles. The van der Waals surface area contributed by atoms with E-state index in [0.29, 0.717) is 31.6 Å². The summed E-state index contributed by atoms with van der Waals surface area (Å²) >= 11 is 0. The Bertz CT molecular complexity index is 672. The average molecular weight is 328 g/mol. The van der Waals surface area contributed by atoms with Crippen molar-refractivity contribution in [1.29, 1.82) is 0 Å². The Kier molecular flexibility index (Phi) is 5.61. The topological polar surface area (TPSA) is 79.3 Å².